The van der Waals surface area contributed by atoms with Crippen LogP contribution in [0.4, 0.5) is 5.82 Å². The van der Waals surface area contributed by atoms with E-state index < -0.39 is 0 Å². The summed E-state index contributed by atoms with van der Waals surface area (Å²) in [5.74, 6) is 1.04. The highest BCUT2D eigenvalue weighted by atomic mass is 16.3. The zero-order valence-corrected chi connectivity index (χ0v) is 14.2. The van der Waals surface area contributed by atoms with Crippen LogP contribution in [0.3, 0.4) is 0 Å². The SMILES string of the molecule is Cc1cc2nc(N3CCN(C[C@@H](C)O)CC3)c3ccccc3n2n1. The Labute approximate surface area is 141 Å². The van der Waals surface area contributed by atoms with Gasteiger partial charge in [-0.2, -0.15) is 5.10 Å². The number of aliphatic hydroxyl groups is 1. The Hall–Kier alpha value is -2.18. The topological polar surface area (TPSA) is 56.9 Å². The molecule has 3 heterocycles. The highest BCUT2D eigenvalue weighted by Crippen LogP contribution is 2.27. The van der Waals surface area contributed by atoms with E-state index in [9.17, 15) is 5.11 Å². The quantitative estimate of drug-likeness (QED) is 0.794. The standard InChI is InChI=1S/C18H23N5O/c1-13-11-17-19-18(15-5-3-4-6-16(15)23(17)20-13)22-9-7-21(8-10-22)12-14(2)24/h3-6,11,14,24H,7-10,12H2,1-2H3/t14-/m1/s1. The summed E-state index contributed by atoms with van der Waals surface area (Å²) in [5, 5.41) is 15.3. The van der Waals surface area contributed by atoms with Crippen LogP contribution in [-0.2, 0) is 0 Å². The molecule has 0 radical (unpaired) electrons. The van der Waals surface area contributed by atoms with Crippen LogP contribution < -0.4 is 4.90 Å². The van der Waals surface area contributed by atoms with Crippen molar-refractivity contribution in [2.75, 3.05) is 37.6 Å². The predicted octanol–water partition coefficient (Wildman–Crippen LogP) is 1.69. The molecule has 1 aromatic carbocycles. The smallest absolute Gasteiger partial charge is 0.158 e. The lowest BCUT2D eigenvalue weighted by Crippen LogP contribution is -2.48. The first-order valence-electron chi connectivity index (χ1n) is 8.52. The average molecular weight is 325 g/mol. The molecular formula is C18H23N5O. The average Bonchev–Trinajstić information content (AvgIpc) is 2.95. The van der Waals surface area contributed by atoms with Gasteiger partial charge in [0.1, 0.15) is 5.82 Å². The molecule has 0 amide bonds. The molecule has 3 aromatic rings. The molecule has 0 aliphatic carbocycles. The first kappa shape index (κ1) is 15.4. The molecular weight excluding hydrogens is 302 g/mol. The molecule has 6 nitrogen and oxygen atoms in total. The van der Waals surface area contributed by atoms with Gasteiger partial charge >= 0.3 is 0 Å². The molecule has 6 heteroatoms. The third kappa shape index (κ3) is 2.72. The van der Waals surface area contributed by atoms with Gasteiger partial charge < -0.3 is 10.0 Å². The van der Waals surface area contributed by atoms with Crippen molar-refractivity contribution in [3.05, 3.63) is 36.0 Å². The number of benzene rings is 1. The number of aryl methyl sites for hydroxylation is 1. The maximum Gasteiger partial charge on any atom is 0.158 e. The van der Waals surface area contributed by atoms with Crippen molar-refractivity contribution in [1.82, 2.24) is 19.5 Å². The van der Waals surface area contributed by atoms with Gasteiger partial charge in [0.2, 0.25) is 0 Å². The number of hydrogen-bond donors (Lipinski definition) is 1. The van der Waals surface area contributed by atoms with Gasteiger partial charge in [0.25, 0.3) is 0 Å². The minimum absolute atomic E-state index is 0.276. The van der Waals surface area contributed by atoms with Crippen molar-refractivity contribution in [1.29, 1.82) is 0 Å². The largest absolute Gasteiger partial charge is 0.392 e. The summed E-state index contributed by atoms with van der Waals surface area (Å²) >= 11 is 0. The molecule has 1 aliphatic heterocycles. The van der Waals surface area contributed by atoms with E-state index in [1.165, 1.54) is 0 Å². The molecule has 0 saturated carbocycles. The van der Waals surface area contributed by atoms with Crippen molar-refractivity contribution in [2.24, 2.45) is 0 Å². The number of anilines is 1. The highest BCUT2D eigenvalue weighted by Gasteiger charge is 2.21. The van der Waals surface area contributed by atoms with E-state index in [0.29, 0.717) is 0 Å². The molecule has 126 valence electrons. The minimum Gasteiger partial charge on any atom is -0.392 e. The van der Waals surface area contributed by atoms with Crippen LogP contribution >= 0.6 is 0 Å². The molecule has 1 N–H and O–H groups in total. The minimum atomic E-state index is -0.276. The van der Waals surface area contributed by atoms with Gasteiger partial charge in [0.05, 0.1) is 17.3 Å². The van der Waals surface area contributed by atoms with Crippen molar-refractivity contribution in [3.8, 4) is 0 Å². The number of piperazine rings is 1. The lowest BCUT2D eigenvalue weighted by Gasteiger charge is -2.36. The zero-order valence-electron chi connectivity index (χ0n) is 14.2. The molecule has 0 unspecified atom stereocenters. The fourth-order valence-electron chi connectivity index (χ4n) is 3.52. The van der Waals surface area contributed by atoms with E-state index in [4.69, 9.17) is 4.98 Å². The van der Waals surface area contributed by atoms with E-state index in [2.05, 4.69) is 33.1 Å². The fraction of sp³-hybridized carbons (Fsp3) is 0.444. The normalized spacial score (nSPS) is 17.7. The summed E-state index contributed by atoms with van der Waals surface area (Å²) in [7, 11) is 0. The number of aliphatic hydroxyl groups excluding tert-OH is 1. The summed E-state index contributed by atoms with van der Waals surface area (Å²) in [6.45, 7) is 8.33. The third-order valence-corrected chi connectivity index (χ3v) is 4.60. The summed E-state index contributed by atoms with van der Waals surface area (Å²) in [4.78, 5) is 9.55. The van der Waals surface area contributed by atoms with E-state index in [1.807, 2.05) is 30.5 Å². The van der Waals surface area contributed by atoms with E-state index >= 15 is 0 Å². The number of hydrogen-bond acceptors (Lipinski definition) is 5. The summed E-state index contributed by atoms with van der Waals surface area (Å²) in [6, 6.07) is 10.3. The second-order valence-corrected chi connectivity index (χ2v) is 6.64. The second-order valence-electron chi connectivity index (χ2n) is 6.64. The van der Waals surface area contributed by atoms with Crippen molar-refractivity contribution >= 4 is 22.4 Å². The number of nitrogens with zero attached hydrogens (tertiary/aromatic N) is 5. The Morgan fingerprint density at radius 1 is 1.17 bits per heavy atom. The molecule has 0 bridgehead atoms. The Morgan fingerprint density at radius 3 is 2.67 bits per heavy atom. The van der Waals surface area contributed by atoms with Gasteiger partial charge in [0.15, 0.2) is 5.65 Å². The van der Waals surface area contributed by atoms with Crippen LogP contribution in [0.15, 0.2) is 30.3 Å². The Morgan fingerprint density at radius 2 is 1.92 bits per heavy atom. The van der Waals surface area contributed by atoms with Crippen LogP contribution in [0.25, 0.3) is 16.6 Å². The predicted molar refractivity (Wildman–Crippen MR) is 95.6 cm³/mol. The Kier molecular flexibility index (Phi) is 3.86. The number of β-amino-alcohol motifs (C(OH)–C–C–N with tert-alkyl or cyclic N) is 1. The van der Waals surface area contributed by atoms with Crippen LogP contribution in [0.2, 0.25) is 0 Å². The van der Waals surface area contributed by atoms with Crippen LogP contribution in [0.5, 0.6) is 0 Å². The maximum atomic E-state index is 9.57. The zero-order chi connectivity index (χ0) is 16.7. The monoisotopic (exact) mass is 325 g/mol. The number of aromatic nitrogens is 3. The van der Waals surface area contributed by atoms with Crippen molar-refractivity contribution in [3.63, 3.8) is 0 Å². The van der Waals surface area contributed by atoms with Crippen molar-refractivity contribution < 1.29 is 5.11 Å². The molecule has 0 spiro atoms. The van der Waals surface area contributed by atoms with Crippen LogP contribution in [0, 0.1) is 6.92 Å². The summed E-state index contributed by atoms with van der Waals surface area (Å²) in [5.41, 5.74) is 2.97. The molecule has 1 saturated heterocycles. The number of fused-ring (bicyclic) bond motifs is 3. The Bertz CT molecular complexity index is 864. The van der Waals surface area contributed by atoms with E-state index in [0.717, 1.165) is 60.8 Å². The van der Waals surface area contributed by atoms with E-state index in [-0.39, 0.29) is 6.10 Å². The van der Waals surface area contributed by atoms with Crippen molar-refractivity contribution in [2.45, 2.75) is 20.0 Å². The Balaban J connectivity index is 1.71. The van der Waals surface area contributed by atoms with Crippen LogP contribution in [0.1, 0.15) is 12.6 Å². The third-order valence-electron chi connectivity index (χ3n) is 4.60. The van der Waals surface area contributed by atoms with E-state index in [1.54, 1.807) is 0 Å². The van der Waals surface area contributed by atoms with Gasteiger partial charge in [-0.15, -0.1) is 0 Å². The number of rotatable bonds is 3. The first-order chi connectivity index (χ1) is 11.6. The first-order valence-corrected chi connectivity index (χ1v) is 8.52. The molecule has 1 atom stereocenters. The fourth-order valence-corrected chi connectivity index (χ4v) is 3.52. The second kappa shape index (κ2) is 6.03. The van der Waals surface area contributed by atoms with Gasteiger partial charge in [-0.3, -0.25) is 4.90 Å². The molecule has 4 rings (SSSR count). The van der Waals surface area contributed by atoms with Gasteiger partial charge in [-0.1, -0.05) is 12.1 Å². The molecule has 2 aromatic heterocycles. The van der Waals surface area contributed by atoms with Gasteiger partial charge in [-0.05, 0) is 26.0 Å². The molecule has 24 heavy (non-hydrogen) atoms. The molecule has 1 fully saturated rings. The molecule has 1 aliphatic rings. The maximum absolute atomic E-state index is 9.57. The lowest BCUT2D eigenvalue weighted by atomic mass is 10.2. The summed E-state index contributed by atoms with van der Waals surface area (Å²) in [6.07, 6.45) is -0.276. The van der Waals surface area contributed by atoms with Gasteiger partial charge in [0, 0.05) is 44.2 Å². The van der Waals surface area contributed by atoms with Gasteiger partial charge in [-0.25, -0.2) is 9.50 Å². The van der Waals surface area contributed by atoms with Crippen LogP contribution in [-0.4, -0.2) is 63.4 Å². The number of para-hydroxylation sites is 1. The highest BCUT2D eigenvalue weighted by molar-refractivity contribution is 5.91. The summed E-state index contributed by atoms with van der Waals surface area (Å²) < 4.78 is 1.93. The lowest BCUT2D eigenvalue weighted by molar-refractivity contribution is 0.122.